The summed E-state index contributed by atoms with van der Waals surface area (Å²) in [4.78, 5) is 7.00. The van der Waals surface area contributed by atoms with Crippen LogP contribution in [-0.4, -0.2) is 56.7 Å². The molecule has 0 spiro atoms. The first kappa shape index (κ1) is 18.3. The summed E-state index contributed by atoms with van der Waals surface area (Å²) in [7, 11) is 3.48. The Balaban J connectivity index is 1.40. The minimum atomic E-state index is 0.519. The van der Waals surface area contributed by atoms with Crippen LogP contribution >= 0.6 is 11.6 Å². The Morgan fingerprint density at radius 2 is 2.04 bits per heavy atom. The summed E-state index contributed by atoms with van der Waals surface area (Å²) < 4.78 is 5.19. The van der Waals surface area contributed by atoms with Crippen molar-refractivity contribution in [2.24, 2.45) is 4.99 Å². The van der Waals surface area contributed by atoms with Crippen LogP contribution in [0.2, 0.25) is 5.02 Å². The molecule has 6 heteroatoms. The highest BCUT2D eigenvalue weighted by atomic mass is 35.5. The van der Waals surface area contributed by atoms with Gasteiger partial charge in [0.25, 0.3) is 0 Å². The Hall–Kier alpha value is -1.46. The molecule has 1 saturated carbocycles. The molecule has 5 nitrogen and oxygen atoms in total. The quantitative estimate of drug-likeness (QED) is 0.602. The van der Waals surface area contributed by atoms with E-state index in [-0.39, 0.29) is 0 Å². The van der Waals surface area contributed by atoms with Crippen molar-refractivity contribution >= 4 is 17.6 Å². The Morgan fingerprint density at radius 3 is 2.64 bits per heavy atom. The number of piperidine rings is 1. The van der Waals surface area contributed by atoms with E-state index in [1.807, 2.05) is 25.2 Å². The van der Waals surface area contributed by atoms with E-state index in [0.717, 1.165) is 41.3 Å². The van der Waals surface area contributed by atoms with E-state index in [2.05, 4.69) is 20.5 Å². The van der Waals surface area contributed by atoms with Gasteiger partial charge in [0.2, 0.25) is 0 Å². The van der Waals surface area contributed by atoms with Gasteiger partial charge in [0, 0.05) is 43.8 Å². The van der Waals surface area contributed by atoms with Crippen LogP contribution in [0, 0.1) is 0 Å². The average molecular weight is 365 g/mol. The lowest BCUT2D eigenvalue weighted by atomic mass is 10.1. The van der Waals surface area contributed by atoms with Gasteiger partial charge in [-0.3, -0.25) is 4.99 Å². The fraction of sp³-hybridized carbons (Fsp3) is 0.632. The van der Waals surface area contributed by atoms with E-state index < -0.39 is 0 Å². The molecule has 1 aliphatic carbocycles. The molecule has 1 aromatic rings. The highest BCUT2D eigenvalue weighted by Gasteiger charge is 2.31. The topological polar surface area (TPSA) is 48.9 Å². The molecule has 1 aromatic carbocycles. The van der Waals surface area contributed by atoms with Crippen LogP contribution < -0.4 is 15.4 Å². The van der Waals surface area contributed by atoms with E-state index >= 15 is 0 Å². The predicted octanol–water partition coefficient (Wildman–Crippen LogP) is 2.68. The Kier molecular flexibility index (Phi) is 6.43. The van der Waals surface area contributed by atoms with Crippen LogP contribution in [0.1, 0.15) is 31.2 Å². The Labute approximate surface area is 155 Å². The molecule has 3 rings (SSSR count). The maximum Gasteiger partial charge on any atom is 0.191 e. The third-order valence-corrected chi connectivity index (χ3v) is 5.46. The van der Waals surface area contributed by atoms with Gasteiger partial charge in [-0.1, -0.05) is 17.7 Å². The van der Waals surface area contributed by atoms with Crippen molar-refractivity contribution in [1.29, 1.82) is 0 Å². The van der Waals surface area contributed by atoms with E-state index in [1.54, 1.807) is 7.11 Å². The smallest absolute Gasteiger partial charge is 0.191 e. The third kappa shape index (κ3) is 5.25. The SMILES string of the molecule is CN=C(NCCc1ccc(OC)cc1Cl)NC1CCN(C2CC2)CC1. The summed E-state index contributed by atoms with van der Waals surface area (Å²) >= 11 is 6.30. The monoisotopic (exact) mass is 364 g/mol. The number of methoxy groups -OCH3 is 1. The predicted molar refractivity (Wildman–Crippen MR) is 104 cm³/mol. The van der Waals surface area contributed by atoms with Crippen molar-refractivity contribution in [2.75, 3.05) is 33.8 Å². The number of ether oxygens (including phenoxy) is 1. The zero-order valence-corrected chi connectivity index (χ0v) is 16.0. The Morgan fingerprint density at radius 1 is 1.28 bits per heavy atom. The van der Waals surface area contributed by atoms with Crippen LogP contribution in [0.4, 0.5) is 0 Å². The largest absolute Gasteiger partial charge is 0.497 e. The van der Waals surface area contributed by atoms with Gasteiger partial charge in [-0.15, -0.1) is 0 Å². The molecule has 1 saturated heterocycles. The molecule has 0 unspecified atom stereocenters. The van der Waals surface area contributed by atoms with E-state index in [0.29, 0.717) is 6.04 Å². The number of hydrogen-bond donors (Lipinski definition) is 2. The molecule has 1 aliphatic heterocycles. The second-order valence-corrected chi connectivity index (χ2v) is 7.30. The maximum atomic E-state index is 6.30. The lowest BCUT2D eigenvalue weighted by Crippen LogP contribution is -2.49. The zero-order valence-electron chi connectivity index (χ0n) is 15.2. The Bertz CT molecular complexity index is 595. The lowest BCUT2D eigenvalue weighted by molar-refractivity contribution is 0.197. The molecule has 138 valence electrons. The van der Waals surface area contributed by atoms with Crippen molar-refractivity contribution in [3.8, 4) is 5.75 Å². The molecule has 0 amide bonds. The minimum Gasteiger partial charge on any atom is -0.497 e. The fourth-order valence-electron chi connectivity index (χ4n) is 3.41. The van der Waals surface area contributed by atoms with Gasteiger partial charge < -0.3 is 20.3 Å². The number of aliphatic imine (C=N–C) groups is 1. The standard InChI is InChI=1S/C19H29ClN4O/c1-21-19(23-15-8-11-24(12-9-15)16-4-5-16)22-10-7-14-3-6-17(25-2)13-18(14)20/h3,6,13,15-16H,4-5,7-12H2,1-2H3,(H2,21,22,23). The average Bonchev–Trinajstić information content (AvgIpc) is 3.47. The molecule has 2 aliphatic rings. The minimum absolute atomic E-state index is 0.519. The van der Waals surface area contributed by atoms with E-state index in [4.69, 9.17) is 16.3 Å². The van der Waals surface area contributed by atoms with Crippen LogP contribution in [0.5, 0.6) is 5.75 Å². The highest BCUT2D eigenvalue weighted by molar-refractivity contribution is 6.31. The van der Waals surface area contributed by atoms with Crippen molar-refractivity contribution < 1.29 is 4.74 Å². The molecule has 0 radical (unpaired) electrons. The number of halogens is 1. The van der Waals surface area contributed by atoms with Crippen molar-refractivity contribution in [3.63, 3.8) is 0 Å². The summed E-state index contributed by atoms with van der Waals surface area (Å²) in [6, 6.07) is 7.23. The molecule has 2 fully saturated rings. The maximum absolute atomic E-state index is 6.30. The van der Waals surface area contributed by atoms with Gasteiger partial charge in [0.1, 0.15) is 5.75 Å². The summed E-state index contributed by atoms with van der Waals surface area (Å²) in [5.74, 6) is 1.67. The van der Waals surface area contributed by atoms with Gasteiger partial charge >= 0.3 is 0 Å². The summed E-state index contributed by atoms with van der Waals surface area (Å²) in [5, 5.41) is 7.71. The molecule has 0 aromatic heterocycles. The molecular formula is C19H29ClN4O. The normalized spacial score (nSPS) is 19.7. The second-order valence-electron chi connectivity index (χ2n) is 6.89. The van der Waals surface area contributed by atoms with Gasteiger partial charge in [-0.2, -0.15) is 0 Å². The molecular weight excluding hydrogens is 336 g/mol. The molecule has 2 N–H and O–H groups in total. The van der Waals surface area contributed by atoms with E-state index in [1.165, 1.54) is 38.8 Å². The first-order valence-electron chi connectivity index (χ1n) is 9.23. The fourth-order valence-corrected chi connectivity index (χ4v) is 3.67. The van der Waals surface area contributed by atoms with Crippen LogP contribution in [0.15, 0.2) is 23.2 Å². The van der Waals surface area contributed by atoms with Gasteiger partial charge in [-0.25, -0.2) is 0 Å². The van der Waals surface area contributed by atoms with Crippen molar-refractivity contribution in [3.05, 3.63) is 28.8 Å². The first-order valence-corrected chi connectivity index (χ1v) is 9.61. The second kappa shape index (κ2) is 8.77. The van der Waals surface area contributed by atoms with Crippen LogP contribution in [-0.2, 0) is 6.42 Å². The number of nitrogens with zero attached hydrogens (tertiary/aromatic N) is 2. The van der Waals surface area contributed by atoms with Gasteiger partial charge in [-0.05, 0) is 49.8 Å². The highest BCUT2D eigenvalue weighted by Crippen LogP contribution is 2.29. The van der Waals surface area contributed by atoms with Gasteiger partial charge in [0.15, 0.2) is 5.96 Å². The summed E-state index contributed by atoms with van der Waals surface area (Å²) in [6.07, 6.45) is 6.04. The number of guanidine groups is 1. The number of rotatable bonds is 6. The number of hydrogen-bond acceptors (Lipinski definition) is 3. The third-order valence-electron chi connectivity index (χ3n) is 5.10. The first-order chi connectivity index (χ1) is 12.2. The number of likely N-dealkylation sites (tertiary alicyclic amines) is 1. The summed E-state index contributed by atoms with van der Waals surface area (Å²) in [5.41, 5.74) is 1.11. The van der Waals surface area contributed by atoms with Crippen LogP contribution in [0.3, 0.4) is 0 Å². The van der Waals surface area contributed by atoms with Crippen LogP contribution in [0.25, 0.3) is 0 Å². The number of nitrogens with one attached hydrogen (secondary N) is 2. The van der Waals surface area contributed by atoms with Gasteiger partial charge in [0.05, 0.1) is 7.11 Å². The lowest BCUT2D eigenvalue weighted by Gasteiger charge is -2.33. The molecule has 25 heavy (non-hydrogen) atoms. The summed E-state index contributed by atoms with van der Waals surface area (Å²) in [6.45, 7) is 3.22. The van der Waals surface area contributed by atoms with E-state index in [9.17, 15) is 0 Å². The van der Waals surface area contributed by atoms with Crippen molar-refractivity contribution in [2.45, 2.75) is 44.2 Å². The molecule has 0 atom stereocenters. The molecule has 0 bridgehead atoms. The van der Waals surface area contributed by atoms with Crippen molar-refractivity contribution in [1.82, 2.24) is 15.5 Å². The zero-order chi connectivity index (χ0) is 17.6. The molecule has 1 heterocycles. The number of benzene rings is 1.